The number of amides is 1. The molecule has 2 heterocycles. The summed E-state index contributed by atoms with van der Waals surface area (Å²) >= 11 is 1.25. The lowest BCUT2D eigenvalue weighted by atomic mass is 10.3. The van der Waals surface area contributed by atoms with E-state index in [-0.39, 0.29) is 11.7 Å². The summed E-state index contributed by atoms with van der Waals surface area (Å²) < 4.78 is 11.0. The molecule has 0 bridgehead atoms. The van der Waals surface area contributed by atoms with Gasteiger partial charge in [0.05, 0.1) is 12.9 Å². The minimum atomic E-state index is -0.127. The summed E-state index contributed by atoms with van der Waals surface area (Å²) in [5, 5.41) is 10.3. The van der Waals surface area contributed by atoms with Gasteiger partial charge in [0.25, 0.3) is 0 Å². The van der Waals surface area contributed by atoms with Gasteiger partial charge in [-0.1, -0.05) is 30.5 Å². The van der Waals surface area contributed by atoms with Crippen LogP contribution >= 0.6 is 11.8 Å². The Kier molecular flexibility index (Phi) is 8.64. The van der Waals surface area contributed by atoms with Crippen LogP contribution in [0.2, 0.25) is 0 Å². The average molecular weight is 450 g/mol. The second-order valence-electron chi connectivity index (χ2n) is 6.29. The lowest BCUT2D eigenvalue weighted by Crippen LogP contribution is -2.25. The topological polar surface area (TPSA) is 102 Å². The van der Waals surface area contributed by atoms with Gasteiger partial charge in [-0.25, -0.2) is 4.98 Å². The van der Waals surface area contributed by atoms with E-state index >= 15 is 0 Å². The van der Waals surface area contributed by atoms with E-state index in [1.54, 1.807) is 43.8 Å². The van der Waals surface area contributed by atoms with Crippen LogP contribution in [0.1, 0.15) is 0 Å². The van der Waals surface area contributed by atoms with Crippen molar-refractivity contribution in [1.29, 1.82) is 0 Å². The number of carbonyl (C=O) groups excluding carboxylic acids is 1. The zero-order valence-electron chi connectivity index (χ0n) is 17.5. The fourth-order valence-electron chi connectivity index (χ4n) is 2.49. The Labute approximate surface area is 190 Å². The van der Waals surface area contributed by atoms with Crippen LogP contribution in [0.5, 0.6) is 11.5 Å². The van der Waals surface area contributed by atoms with Crippen LogP contribution in [0.4, 0.5) is 0 Å². The van der Waals surface area contributed by atoms with Crippen molar-refractivity contribution in [1.82, 2.24) is 25.5 Å². The fraction of sp³-hybridized carbons (Fsp3) is 0.130. The van der Waals surface area contributed by atoms with Crippen LogP contribution in [0, 0.1) is 0 Å². The number of pyridine rings is 1. The van der Waals surface area contributed by atoms with Gasteiger partial charge in [-0.2, -0.15) is 0 Å². The van der Waals surface area contributed by atoms with Crippen molar-refractivity contribution < 1.29 is 14.3 Å². The maximum absolute atomic E-state index is 12.1. The number of benzene rings is 1. The van der Waals surface area contributed by atoms with Crippen LogP contribution in [0.25, 0.3) is 11.4 Å². The quantitative estimate of drug-likeness (QED) is 0.261. The summed E-state index contributed by atoms with van der Waals surface area (Å²) in [6.45, 7) is 4.06. The van der Waals surface area contributed by atoms with Crippen molar-refractivity contribution in [2.24, 2.45) is 0 Å². The number of rotatable bonds is 11. The van der Waals surface area contributed by atoms with Gasteiger partial charge in [0.2, 0.25) is 11.1 Å². The first-order valence-electron chi connectivity index (χ1n) is 9.71. The normalized spacial score (nSPS) is 11.3. The predicted octanol–water partition coefficient (Wildman–Crippen LogP) is 3.79. The minimum Gasteiger partial charge on any atom is -0.497 e. The minimum absolute atomic E-state index is 0.127. The number of aromatic amines is 1. The molecule has 0 aliphatic carbocycles. The smallest absolute Gasteiger partial charge is 0.230 e. The number of allylic oxidation sites excluding steroid dienone is 3. The first-order chi connectivity index (χ1) is 15.7. The van der Waals surface area contributed by atoms with Gasteiger partial charge in [0.15, 0.2) is 5.82 Å². The Morgan fingerprint density at radius 1 is 1.25 bits per heavy atom. The highest BCUT2D eigenvalue weighted by Gasteiger charge is 2.08. The Hall–Kier alpha value is -3.85. The fourth-order valence-corrected chi connectivity index (χ4v) is 3.12. The van der Waals surface area contributed by atoms with E-state index < -0.39 is 0 Å². The standard InChI is InChI=1S/C23H23N5O3S/c1-3-6-19(31-20-11-9-18(30-2)10-12-20)8-5-14-25-21(29)16-32-23-26-22(27-28-23)17-7-4-13-24-15-17/h3-13,15H,1,14,16H2,2H3,(H,25,29)(H,26,27,28)/b8-5-,19-6+. The summed E-state index contributed by atoms with van der Waals surface area (Å²) in [6.07, 6.45) is 10.3. The van der Waals surface area contributed by atoms with E-state index in [4.69, 9.17) is 9.47 Å². The molecule has 32 heavy (non-hydrogen) atoms. The van der Waals surface area contributed by atoms with E-state index in [2.05, 4.69) is 32.1 Å². The number of hydrogen-bond acceptors (Lipinski definition) is 7. The van der Waals surface area contributed by atoms with Crippen LogP contribution in [-0.2, 0) is 4.79 Å². The molecule has 0 atom stereocenters. The summed E-state index contributed by atoms with van der Waals surface area (Å²) in [5.74, 6) is 2.70. The summed E-state index contributed by atoms with van der Waals surface area (Å²) in [7, 11) is 1.61. The highest BCUT2D eigenvalue weighted by Crippen LogP contribution is 2.20. The molecular weight excluding hydrogens is 426 g/mol. The molecule has 164 valence electrons. The van der Waals surface area contributed by atoms with Crippen molar-refractivity contribution >= 4 is 17.7 Å². The zero-order valence-corrected chi connectivity index (χ0v) is 18.3. The van der Waals surface area contributed by atoms with Crippen molar-refractivity contribution in [3.05, 3.63) is 85.4 Å². The first kappa shape index (κ1) is 22.8. The van der Waals surface area contributed by atoms with Gasteiger partial charge in [-0.15, -0.1) is 5.10 Å². The Morgan fingerprint density at radius 2 is 2.06 bits per heavy atom. The highest BCUT2D eigenvalue weighted by atomic mass is 32.2. The lowest BCUT2D eigenvalue weighted by Gasteiger charge is -2.07. The molecule has 0 spiro atoms. The van der Waals surface area contributed by atoms with Crippen LogP contribution in [0.15, 0.2) is 90.6 Å². The molecule has 1 aromatic carbocycles. The maximum Gasteiger partial charge on any atom is 0.230 e. The highest BCUT2D eigenvalue weighted by molar-refractivity contribution is 7.99. The molecule has 0 saturated heterocycles. The van der Waals surface area contributed by atoms with E-state index in [1.807, 2.05) is 36.4 Å². The molecule has 2 aromatic heterocycles. The number of aromatic nitrogens is 4. The molecule has 8 nitrogen and oxygen atoms in total. The molecule has 3 aromatic rings. The Bertz CT molecular complexity index is 1080. The molecule has 0 aliphatic heterocycles. The number of nitrogens with zero attached hydrogens (tertiary/aromatic N) is 3. The maximum atomic E-state index is 12.1. The summed E-state index contributed by atoms with van der Waals surface area (Å²) in [4.78, 5) is 20.5. The SMILES string of the molecule is C=C/C=C(\C=C/CNC(=O)CSc1n[nH]c(-c2cccnc2)n1)Oc1ccc(OC)cc1. The summed E-state index contributed by atoms with van der Waals surface area (Å²) in [6, 6.07) is 11.0. The number of ether oxygens (including phenoxy) is 2. The van der Waals surface area contributed by atoms with E-state index in [1.165, 1.54) is 11.8 Å². The third-order valence-corrected chi connectivity index (χ3v) is 4.86. The van der Waals surface area contributed by atoms with Gasteiger partial charge in [0.1, 0.15) is 17.3 Å². The van der Waals surface area contributed by atoms with Crippen molar-refractivity contribution in [3.8, 4) is 22.9 Å². The van der Waals surface area contributed by atoms with Gasteiger partial charge < -0.3 is 14.8 Å². The van der Waals surface area contributed by atoms with Crippen molar-refractivity contribution in [2.75, 3.05) is 19.4 Å². The number of hydrogen-bond donors (Lipinski definition) is 2. The Balaban J connectivity index is 1.43. The van der Waals surface area contributed by atoms with Gasteiger partial charge in [0, 0.05) is 24.5 Å². The molecule has 0 radical (unpaired) electrons. The number of H-pyrrole nitrogens is 1. The average Bonchev–Trinajstić information content (AvgIpc) is 3.31. The van der Waals surface area contributed by atoms with E-state index in [0.29, 0.717) is 29.0 Å². The molecule has 0 aliphatic rings. The lowest BCUT2D eigenvalue weighted by molar-refractivity contribution is -0.118. The molecule has 0 unspecified atom stereocenters. The van der Waals surface area contributed by atoms with Gasteiger partial charge >= 0.3 is 0 Å². The second-order valence-corrected chi connectivity index (χ2v) is 7.23. The third-order valence-electron chi connectivity index (χ3n) is 4.01. The summed E-state index contributed by atoms with van der Waals surface area (Å²) in [5.41, 5.74) is 0.835. The second kappa shape index (κ2) is 12.1. The largest absolute Gasteiger partial charge is 0.497 e. The molecular formula is C23H23N5O3S. The van der Waals surface area contributed by atoms with Crippen molar-refractivity contribution in [3.63, 3.8) is 0 Å². The number of nitrogens with one attached hydrogen (secondary N) is 2. The monoisotopic (exact) mass is 449 g/mol. The number of carbonyl (C=O) groups is 1. The van der Waals surface area contributed by atoms with Gasteiger partial charge in [-0.05, 0) is 48.6 Å². The zero-order chi connectivity index (χ0) is 22.6. The van der Waals surface area contributed by atoms with E-state index in [0.717, 1.165) is 11.3 Å². The predicted molar refractivity (Wildman–Crippen MR) is 124 cm³/mol. The molecule has 2 N–H and O–H groups in total. The van der Waals surface area contributed by atoms with Crippen LogP contribution in [0.3, 0.4) is 0 Å². The molecule has 3 rings (SSSR count). The third kappa shape index (κ3) is 7.13. The van der Waals surface area contributed by atoms with Gasteiger partial charge in [-0.3, -0.25) is 14.9 Å². The molecule has 9 heteroatoms. The molecule has 0 saturated carbocycles. The molecule has 1 amide bonds. The van der Waals surface area contributed by atoms with Crippen LogP contribution < -0.4 is 14.8 Å². The van der Waals surface area contributed by atoms with E-state index in [9.17, 15) is 4.79 Å². The van der Waals surface area contributed by atoms with Crippen molar-refractivity contribution in [2.45, 2.75) is 5.16 Å². The van der Waals surface area contributed by atoms with Crippen LogP contribution in [-0.4, -0.2) is 45.5 Å². The Morgan fingerprint density at radius 3 is 2.78 bits per heavy atom. The number of thioether (sulfide) groups is 1. The number of methoxy groups -OCH3 is 1. The first-order valence-corrected chi connectivity index (χ1v) is 10.7. The molecule has 0 fully saturated rings.